The van der Waals surface area contributed by atoms with Crippen LogP contribution in [0.2, 0.25) is 0 Å². The van der Waals surface area contributed by atoms with Crippen molar-refractivity contribution in [2.75, 3.05) is 54.4 Å². The Kier molecular flexibility index (Phi) is 8.12. The Bertz CT molecular complexity index is 335. The lowest BCUT2D eigenvalue weighted by molar-refractivity contribution is -0.121. The predicted molar refractivity (Wildman–Crippen MR) is 87.5 cm³/mol. The molecule has 0 aliphatic carbocycles. The van der Waals surface area contributed by atoms with Gasteiger partial charge in [-0.3, -0.25) is 9.79 Å². The maximum absolute atomic E-state index is 11.4. The monoisotopic (exact) mass is 297 g/mol. The van der Waals surface area contributed by atoms with Crippen molar-refractivity contribution in [2.45, 2.75) is 25.7 Å². The predicted octanol–water partition coefficient (Wildman–Crippen LogP) is 0.362. The summed E-state index contributed by atoms with van der Waals surface area (Å²) in [5.74, 6) is 1.65. The lowest BCUT2D eigenvalue weighted by Gasteiger charge is -2.34. The number of guanidine groups is 1. The first-order valence-corrected chi connectivity index (χ1v) is 7.87. The van der Waals surface area contributed by atoms with Crippen LogP contribution < -0.4 is 10.6 Å². The van der Waals surface area contributed by atoms with Crippen molar-refractivity contribution in [3.8, 4) is 0 Å². The molecule has 1 aliphatic heterocycles. The third-order valence-electron chi connectivity index (χ3n) is 3.94. The molecule has 1 amide bonds. The highest BCUT2D eigenvalue weighted by Gasteiger charge is 2.22. The van der Waals surface area contributed by atoms with Crippen LogP contribution in [0.15, 0.2) is 4.99 Å². The topological polar surface area (TPSA) is 60.0 Å². The van der Waals surface area contributed by atoms with Crippen LogP contribution in [-0.2, 0) is 4.79 Å². The summed E-state index contributed by atoms with van der Waals surface area (Å²) in [6.07, 6.45) is 3.88. The fourth-order valence-corrected chi connectivity index (χ4v) is 2.64. The molecular weight excluding hydrogens is 266 g/mol. The van der Waals surface area contributed by atoms with Crippen LogP contribution in [0.1, 0.15) is 25.7 Å². The average molecular weight is 297 g/mol. The van der Waals surface area contributed by atoms with Crippen molar-refractivity contribution in [1.29, 1.82) is 0 Å². The molecule has 0 aromatic carbocycles. The van der Waals surface area contributed by atoms with Crippen molar-refractivity contribution >= 4 is 11.9 Å². The van der Waals surface area contributed by atoms with E-state index in [9.17, 15) is 4.79 Å². The van der Waals surface area contributed by atoms with Crippen molar-refractivity contribution in [2.24, 2.45) is 10.9 Å². The molecule has 0 aromatic heterocycles. The quantitative estimate of drug-likeness (QED) is 0.422. The molecule has 1 fully saturated rings. The van der Waals surface area contributed by atoms with E-state index in [-0.39, 0.29) is 5.91 Å². The van der Waals surface area contributed by atoms with Gasteiger partial charge in [-0.05, 0) is 45.8 Å². The maximum Gasteiger partial charge on any atom is 0.220 e. The number of carbonyl (C=O) groups excluding carboxylic acids is 1. The lowest BCUT2D eigenvalue weighted by atomic mass is 9.93. The van der Waals surface area contributed by atoms with Gasteiger partial charge in [0.1, 0.15) is 0 Å². The summed E-state index contributed by atoms with van der Waals surface area (Å²) >= 11 is 0. The number of hydrogen-bond acceptors (Lipinski definition) is 3. The second kappa shape index (κ2) is 9.60. The number of amides is 1. The first kappa shape index (κ1) is 17.8. The number of nitrogens with one attached hydrogen (secondary N) is 2. The maximum atomic E-state index is 11.4. The Morgan fingerprint density at radius 3 is 2.52 bits per heavy atom. The number of likely N-dealkylation sites (tertiary alicyclic amines) is 1. The number of piperidine rings is 1. The van der Waals surface area contributed by atoms with Gasteiger partial charge in [-0.25, -0.2) is 0 Å². The van der Waals surface area contributed by atoms with E-state index >= 15 is 0 Å². The SMILES string of the molecule is CN=C(NCCCN(C)C)N1CCC(CC(=O)NC)CC1. The van der Waals surface area contributed by atoms with Gasteiger partial charge in [-0.2, -0.15) is 0 Å². The molecule has 0 bridgehead atoms. The molecular formula is C15H31N5O. The van der Waals surface area contributed by atoms with E-state index in [0.717, 1.165) is 51.4 Å². The van der Waals surface area contributed by atoms with Crippen LogP contribution in [-0.4, -0.2) is 76.0 Å². The molecule has 2 N–H and O–H groups in total. The molecule has 1 saturated heterocycles. The van der Waals surface area contributed by atoms with Gasteiger partial charge in [-0.1, -0.05) is 0 Å². The third kappa shape index (κ3) is 6.80. The van der Waals surface area contributed by atoms with Crippen LogP contribution in [0.5, 0.6) is 0 Å². The molecule has 0 aromatic rings. The lowest BCUT2D eigenvalue weighted by Crippen LogP contribution is -2.46. The number of hydrogen-bond donors (Lipinski definition) is 2. The van der Waals surface area contributed by atoms with E-state index in [0.29, 0.717) is 12.3 Å². The fourth-order valence-electron chi connectivity index (χ4n) is 2.64. The summed E-state index contributed by atoms with van der Waals surface area (Å²) in [7, 11) is 7.72. The molecule has 1 rings (SSSR count). The van der Waals surface area contributed by atoms with E-state index in [2.05, 4.69) is 39.5 Å². The number of rotatable bonds is 6. The molecule has 0 radical (unpaired) electrons. The van der Waals surface area contributed by atoms with Crippen molar-refractivity contribution < 1.29 is 4.79 Å². The van der Waals surface area contributed by atoms with Gasteiger partial charge >= 0.3 is 0 Å². The molecule has 1 heterocycles. The number of nitrogens with zero attached hydrogens (tertiary/aromatic N) is 3. The van der Waals surface area contributed by atoms with Crippen LogP contribution in [0.4, 0.5) is 0 Å². The first-order valence-electron chi connectivity index (χ1n) is 7.87. The molecule has 0 spiro atoms. The fraction of sp³-hybridized carbons (Fsp3) is 0.867. The minimum atomic E-state index is 0.152. The normalized spacial score (nSPS) is 17.2. The first-order chi connectivity index (χ1) is 10.1. The third-order valence-corrected chi connectivity index (χ3v) is 3.94. The van der Waals surface area contributed by atoms with Gasteiger partial charge in [-0.15, -0.1) is 0 Å². The molecule has 21 heavy (non-hydrogen) atoms. The van der Waals surface area contributed by atoms with E-state index < -0.39 is 0 Å². The smallest absolute Gasteiger partial charge is 0.220 e. The molecule has 1 aliphatic rings. The molecule has 122 valence electrons. The van der Waals surface area contributed by atoms with Gasteiger partial charge in [0, 0.05) is 40.2 Å². The molecule has 6 heteroatoms. The van der Waals surface area contributed by atoms with E-state index in [1.165, 1.54) is 0 Å². The zero-order valence-electron chi connectivity index (χ0n) is 14.0. The Labute approximate surface area is 129 Å². The zero-order valence-corrected chi connectivity index (χ0v) is 14.0. The van der Waals surface area contributed by atoms with Gasteiger partial charge < -0.3 is 20.4 Å². The second-order valence-corrected chi connectivity index (χ2v) is 5.94. The van der Waals surface area contributed by atoms with Crippen LogP contribution >= 0.6 is 0 Å². The van der Waals surface area contributed by atoms with E-state index in [4.69, 9.17) is 0 Å². The minimum Gasteiger partial charge on any atom is -0.359 e. The van der Waals surface area contributed by atoms with Gasteiger partial charge in [0.25, 0.3) is 0 Å². The molecule has 0 unspecified atom stereocenters. The molecule has 0 saturated carbocycles. The summed E-state index contributed by atoms with van der Waals surface area (Å²) < 4.78 is 0. The highest BCUT2D eigenvalue weighted by Crippen LogP contribution is 2.20. The van der Waals surface area contributed by atoms with Crippen molar-refractivity contribution in [3.63, 3.8) is 0 Å². The van der Waals surface area contributed by atoms with Gasteiger partial charge in [0.2, 0.25) is 5.91 Å². The molecule has 0 atom stereocenters. The molecule has 6 nitrogen and oxygen atoms in total. The largest absolute Gasteiger partial charge is 0.359 e. The Morgan fingerprint density at radius 2 is 2.00 bits per heavy atom. The van der Waals surface area contributed by atoms with Gasteiger partial charge in [0.05, 0.1) is 0 Å². The zero-order chi connectivity index (χ0) is 15.7. The summed E-state index contributed by atoms with van der Waals surface area (Å²) in [4.78, 5) is 20.3. The van der Waals surface area contributed by atoms with Crippen LogP contribution in [0.25, 0.3) is 0 Å². The Balaban J connectivity index is 2.28. The van der Waals surface area contributed by atoms with Crippen LogP contribution in [0, 0.1) is 5.92 Å². The average Bonchev–Trinajstić information content (AvgIpc) is 2.48. The van der Waals surface area contributed by atoms with Crippen LogP contribution in [0.3, 0.4) is 0 Å². The second-order valence-electron chi connectivity index (χ2n) is 5.94. The number of aliphatic imine (C=N–C) groups is 1. The highest BCUT2D eigenvalue weighted by molar-refractivity contribution is 5.80. The summed E-state index contributed by atoms with van der Waals surface area (Å²) in [6.45, 7) is 3.99. The minimum absolute atomic E-state index is 0.152. The Morgan fingerprint density at radius 1 is 1.33 bits per heavy atom. The van der Waals surface area contributed by atoms with Crippen molar-refractivity contribution in [3.05, 3.63) is 0 Å². The highest BCUT2D eigenvalue weighted by atomic mass is 16.1. The summed E-state index contributed by atoms with van der Waals surface area (Å²) in [5.41, 5.74) is 0. The van der Waals surface area contributed by atoms with Gasteiger partial charge in [0.15, 0.2) is 5.96 Å². The van der Waals surface area contributed by atoms with E-state index in [1.54, 1.807) is 7.05 Å². The Hall–Kier alpha value is -1.30. The summed E-state index contributed by atoms with van der Waals surface area (Å²) in [5, 5.41) is 6.14. The number of carbonyl (C=O) groups is 1. The standard InChI is InChI=1S/C15H31N5O/c1-16-14(21)12-13-6-10-20(11-7-13)15(17-2)18-8-5-9-19(3)4/h13H,5-12H2,1-4H3,(H,16,21)(H,17,18). The summed E-state index contributed by atoms with van der Waals surface area (Å²) in [6, 6.07) is 0. The van der Waals surface area contributed by atoms with E-state index in [1.807, 2.05) is 7.05 Å². The van der Waals surface area contributed by atoms with Crippen molar-refractivity contribution in [1.82, 2.24) is 20.4 Å².